The fourth-order valence-corrected chi connectivity index (χ4v) is 16.8. The highest BCUT2D eigenvalue weighted by Crippen LogP contribution is 2.42. The van der Waals surface area contributed by atoms with Gasteiger partial charge in [0.2, 0.25) is 0 Å². The van der Waals surface area contributed by atoms with Crippen LogP contribution in [-0.4, -0.2) is 220 Å². The molecule has 8 N–H and O–H groups in total. The number of nitrogens with zero attached hydrogens (tertiary/aromatic N) is 20. The zero-order valence-electron chi connectivity index (χ0n) is 66.1. The summed E-state index contributed by atoms with van der Waals surface area (Å²) in [5, 5.41) is 77.0. The smallest absolute Gasteiger partial charge is 0.475 e. The summed E-state index contributed by atoms with van der Waals surface area (Å²) < 4.78 is 106. The number of aromatic amines is 4. The zero-order chi connectivity index (χ0) is 87.5. The minimum Gasteiger partial charge on any atom is -0.475 e. The number of carbonyl (C=O) groups is 5. The van der Waals surface area contributed by atoms with Crippen molar-refractivity contribution < 1.29 is 79.1 Å². The molecule has 0 aromatic carbocycles. The molecular weight excluding hydrogens is 1720 g/mol. The second-order valence-corrected chi connectivity index (χ2v) is 32.2. The molecule has 0 atom stereocenters. The minimum absolute atomic E-state index is 0.0110. The number of H-pyrrole nitrogens is 4. The molecule has 2 aliphatic heterocycles. The number of fused-ring (bicyclic) bond motifs is 2. The predicted octanol–water partition coefficient (Wildman–Crippen LogP) is 13.3. The maximum atomic E-state index is 14.4. The predicted molar refractivity (Wildman–Crippen MR) is 442 cm³/mol. The molecule has 14 aromatic heterocycles. The molecule has 0 unspecified atom stereocenters. The van der Waals surface area contributed by atoms with Crippen LogP contribution in [0.2, 0.25) is 0 Å². The molecule has 0 spiro atoms. The summed E-state index contributed by atoms with van der Waals surface area (Å²) in [6.45, 7) is 5.48. The van der Waals surface area contributed by atoms with Gasteiger partial charge in [-0.15, -0.1) is 45.3 Å². The van der Waals surface area contributed by atoms with E-state index in [-0.39, 0.29) is 59.9 Å². The molecule has 14 aromatic rings. The number of amides is 4. The number of ether oxygens (including phenoxy) is 3. The van der Waals surface area contributed by atoms with Crippen LogP contribution < -0.4 is 20.4 Å². The Balaban J connectivity index is 0.000000126. The second kappa shape index (κ2) is 39.0. The molecule has 3 aliphatic carbocycles. The molecule has 0 saturated heterocycles. The van der Waals surface area contributed by atoms with Crippen molar-refractivity contribution in [3.63, 3.8) is 0 Å². The Labute approximate surface area is 719 Å². The third-order valence-corrected chi connectivity index (χ3v) is 23.7. The van der Waals surface area contributed by atoms with Gasteiger partial charge in [0.15, 0.2) is 5.82 Å². The van der Waals surface area contributed by atoms with Gasteiger partial charge in [-0.1, -0.05) is 6.07 Å². The summed E-state index contributed by atoms with van der Waals surface area (Å²) in [6, 6.07) is 10.4. The number of thiazole rings is 4. The summed E-state index contributed by atoms with van der Waals surface area (Å²) in [7, 11) is 0. The van der Waals surface area contributed by atoms with Gasteiger partial charge in [0.25, 0.3) is 23.6 Å². The normalized spacial score (nSPS) is 17.6. The van der Waals surface area contributed by atoms with E-state index in [0.29, 0.717) is 100 Å². The number of anilines is 4. The van der Waals surface area contributed by atoms with Gasteiger partial charge in [0.05, 0.1) is 114 Å². The fraction of sp³-hybridized carbons (Fsp3) is 0.346. The molecule has 3 fully saturated rings. The maximum Gasteiger partial charge on any atom is 0.490 e. The average molecular weight is 1800 g/mol. The van der Waals surface area contributed by atoms with Crippen LogP contribution >= 0.6 is 45.3 Å². The van der Waals surface area contributed by atoms with E-state index in [4.69, 9.17) is 29.6 Å². The SMILES string of the molecule is CCOC1CC(n2cc3c(n2)CCCN3C(=O)c2csc(-c3cn[nH]c3)n2)C1.CCOC1CC(n2cc3c(n2)CCCN3C(=O)c2csc(-c3cn[nH]c3)n2)C1.O=C(Nc1cn(C2CC(O)C2)nc1-c1ncccc1F)c1csc(-c2cn[nH]c2)n1.O=C(Nc1cn(CCOCC(F)(F)F)nc1-c1ccccn1)c1csc(-c2ccn[nH]2)n1.O=C(O)C(F)(F)F. The lowest BCUT2D eigenvalue weighted by atomic mass is 9.89. The van der Waals surface area contributed by atoms with Gasteiger partial charge in [-0.2, -0.15) is 67.1 Å². The highest BCUT2D eigenvalue weighted by molar-refractivity contribution is 7.14. The van der Waals surface area contributed by atoms with Crippen LogP contribution in [0.15, 0.2) is 138 Å². The molecule has 3 saturated carbocycles. The van der Waals surface area contributed by atoms with E-state index in [2.05, 4.69) is 96.3 Å². The Kier molecular flexibility index (Phi) is 27.1. The van der Waals surface area contributed by atoms with E-state index in [0.717, 1.165) is 114 Å². The van der Waals surface area contributed by atoms with E-state index in [1.165, 1.54) is 74.6 Å². The van der Waals surface area contributed by atoms with Crippen LogP contribution in [0.3, 0.4) is 0 Å². The number of aliphatic carboxylic acids is 1. The Hall–Kier alpha value is -12.8. The number of hydrogen-bond acceptors (Lipinski definition) is 27. The number of pyridine rings is 2. The number of aliphatic hydroxyl groups excluding tert-OH is 1. The molecule has 0 bridgehead atoms. The first kappa shape index (κ1) is 87.1. The van der Waals surface area contributed by atoms with Gasteiger partial charge in [0.1, 0.15) is 66.5 Å². The Bertz CT molecular complexity index is 5790. The molecule has 47 heteroatoms. The van der Waals surface area contributed by atoms with E-state index < -0.39 is 42.6 Å². The largest absolute Gasteiger partial charge is 0.490 e. The van der Waals surface area contributed by atoms with Crippen molar-refractivity contribution in [3.05, 3.63) is 178 Å². The molecule has 652 valence electrons. The van der Waals surface area contributed by atoms with Crippen molar-refractivity contribution >= 4 is 97.7 Å². The number of nitrogens with one attached hydrogen (secondary N) is 6. The molecule has 4 amide bonds. The highest BCUT2D eigenvalue weighted by Gasteiger charge is 2.40. The van der Waals surface area contributed by atoms with E-state index >= 15 is 0 Å². The molecular formula is C78H77F7N26O10S4. The minimum atomic E-state index is -5.08. The Morgan fingerprint density at radius 2 is 1.04 bits per heavy atom. The number of rotatable bonds is 23. The Morgan fingerprint density at radius 1 is 0.552 bits per heavy atom. The first-order valence-electron chi connectivity index (χ1n) is 39.1. The molecule has 0 radical (unpaired) electrons. The van der Waals surface area contributed by atoms with Crippen molar-refractivity contribution in [2.24, 2.45) is 0 Å². The van der Waals surface area contributed by atoms with Gasteiger partial charge in [-0.3, -0.25) is 68.3 Å². The van der Waals surface area contributed by atoms with Gasteiger partial charge >= 0.3 is 18.3 Å². The lowest BCUT2D eigenvalue weighted by molar-refractivity contribution is -0.192. The third kappa shape index (κ3) is 21.2. The maximum absolute atomic E-state index is 14.4. The summed E-state index contributed by atoms with van der Waals surface area (Å²) in [4.78, 5) is 90.4. The first-order chi connectivity index (χ1) is 60.4. The average Bonchev–Trinajstić information content (AvgIpc) is 1.64. The van der Waals surface area contributed by atoms with Crippen molar-refractivity contribution in [1.82, 2.24) is 110 Å². The van der Waals surface area contributed by atoms with Gasteiger partial charge in [0, 0.05) is 126 Å². The van der Waals surface area contributed by atoms with Crippen molar-refractivity contribution in [2.75, 3.05) is 60.0 Å². The number of aliphatic hydroxyl groups is 1. The van der Waals surface area contributed by atoms with Crippen LogP contribution in [0.25, 0.3) is 65.2 Å². The van der Waals surface area contributed by atoms with Gasteiger partial charge < -0.3 is 44.9 Å². The van der Waals surface area contributed by atoms with Crippen molar-refractivity contribution in [3.8, 4) is 65.2 Å². The van der Waals surface area contributed by atoms with Crippen LogP contribution in [0.1, 0.15) is 137 Å². The van der Waals surface area contributed by atoms with Crippen molar-refractivity contribution in [1.29, 1.82) is 0 Å². The molecule has 125 heavy (non-hydrogen) atoms. The van der Waals surface area contributed by atoms with E-state index in [9.17, 15) is 55.0 Å². The van der Waals surface area contributed by atoms with Crippen LogP contribution in [0.5, 0.6) is 0 Å². The number of hydrogen-bond donors (Lipinski definition) is 8. The molecule has 19 rings (SSSR count). The zero-order valence-corrected chi connectivity index (χ0v) is 69.4. The number of aromatic nitrogens is 22. The number of carbonyl (C=O) groups excluding carboxylic acids is 4. The topological polar surface area (TPSA) is 447 Å². The number of alkyl halides is 6. The van der Waals surface area contributed by atoms with E-state index in [1.54, 1.807) is 95.5 Å². The van der Waals surface area contributed by atoms with E-state index in [1.807, 2.05) is 56.2 Å². The lowest BCUT2D eigenvalue weighted by Gasteiger charge is -2.34. The Morgan fingerprint density at radius 3 is 1.50 bits per heavy atom. The summed E-state index contributed by atoms with van der Waals surface area (Å²) in [5.41, 5.74) is 10.3. The standard InChI is InChI=1S/C19H16F3N7O2S.C19H16FN7O2S.2C19H22N6O2S.C2HF3O2/c20-19(21,22)11-31-8-7-29-9-14(16(28-29)12-3-1-2-5-23-12)25-17(30)15-10-32-18(26-15)13-4-6-24-27-13;20-13-2-1-3-21-16(13)17-14(8-27(26-17)11-4-12(28)5-11)24-18(29)15-9-30-19(25-15)10-6-22-23-7-10;2*1-2-27-14-6-13(7-14)25-10-17-15(23-25)4-3-5-24(17)19(26)16-11-28-18(22-16)12-8-20-21-9-12;3-2(4,5)1(6)7/h1-6,9-10H,7-8,11H2,(H,24,27)(H,25,30);1-3,6-9,11-12,28H,4-5H2,(H,22,23)(H,24,29);2*8-11,13-14H,2-7H2,1H3,(H,20,21);(H,6,7). The number of carboxylic acids is 1. The summed E-state index contributed by atoms with van der Waals surface area (Å²) >= 11 is 5.51. The number of halogens is 7. The quantitative estimate of drug-likeness (QED) is 0.0218. The first-order valence-corrected chi connectivity index (χ1v) is 42.7. The lowest BCUT2D eigenvalue weighted by Crippen LogP contribution is -2.35. The molecule has 5 aliphatic rings. The highest BCUT2D eigenvalue weighted by atomic mass is 32.1. The number of carboxylic acid groups (broad SMARTS) is 1. The summed E-state index contributed by atoms with van der Waals surface area (Å²) in [6.07, 6.45) is 21.7. The monoisotopic (exact) mass is 1800 g/mol. The number of aryl methyl sites for hydroxylation is 2. The van der Waals surface area contributed by atoms with Crippen LogP contribution in [-0.2, 0) is 38.4 Å². The van der Waals surface area contributed by atoms with Gasteiger partial charge in [-0.25, -0.2) is 29.1 Å². The van der Waals surface area contributed by atoms with Crippen LogP contribution in [0, 0.1) is 5.82 Å². The molecule has 16 heterocycles. The van der Waals surface area contributed by atoms with Crippen LogP contribution in [0.4, 0.5) is 53.5 Å². The van der Waals surface area contributed by atoms with Crippen molar-refractivity contribution in [2.45, 2.75) is 133 Å². The summed E-state index contributed by atoms with van der Waals surface area (Å²) in [5.74, 6) is -4.32. The molecule has 36 nitrogen and oxygen atoms in total. The van der Waals surface area contributed by atoms with Gasteiger partial charge in [-0.05, 0) is 108 Å². The second-order valence-electron chi connectivity index (χ2n) is 28.7. The fourth-order valence-electron chi connectivity index (χ4n) is 13.7. The third-order valence-electron chi connectivity index (χ3n) is 20.1.